The molecule has 8 nitrogen and oxygen atoms in total. The lowest BCUT2D eigenvalue weighted by molar-refractivity contribution is 0.241. The fraction of sp³-hybridized carbons (Fsp3) is 0.400. The van der Waals surface area contributed by atoms with Gasteiger partial charge in [-0.2, -0.15) is 0 Å². The van der Waals surface area contributed by atoms with Gasteiger partial charge in [0.25, 0.3) is 0 Å². The van der Waals surface area contributed by atoms with Crippen molar-refractivity contribution in [2.45, 2.75) is 39.2 Å². The number of pyridine rings is 1. The number of nitrogen functional groups attached to an aromatic ring is 1. The summed E-state index contributed by atoms with van der Waals surface area (Å²) in [4.78, 5) is 27.3. The Kier molecular flexibility index (Phi) is 4.83. The first-order valence-corrected chi connectivity index (χ1v) is 11.7. The molecule has 3 aromatic heterocycles. The molecule has 0 atom stereocenters. The zero-order valence-electron chi connectivity index (χ0n) is 18.9. The van der Waals surface area contributed by atoms with Crippen LogP contribution in [-0.2, 0) is 19.4 Å². The van der Waals surface area contributed by atoms with Crippen molar-refractivity contribution in [3.05, 3.63) is 63.3 Å². The summed E-state index contributed by atoms with van der Waals surface area (Å²) in [5.74, 6) is 6.76. The first-order valence-electron chi connectivity index (χ1n) is 11.7. The third kappa shape index (κ3) is 3.36. The van der Waals surface area contributed by atoms with Crippen LogP contribution in [0.4, 0.5) is 5.69 Å². The number of fused-ring (bicyclic) bond motifs is 5. The van der Waals surface area contributed by atoms with Crippen LogP contribution in [0.25, 0.3) is 22.2 Å². The third-order valence-corrected chi connectivity index (χ3v) is 7.13. The second-order valence-electron chi connectivity index (χ2n) is 9.12. The number of para-hydroxylation sites is 1. The molecule has 0 spiro atoms. The van der Waals surface area contributed by atoms with Crippen LogP contribution >= 0.6 is 0 Å². The number of rotatable bonds is 3. The van der Waals surface area contributed by atoms with Crippen LogP contribution in [0.3, 0.4) is 0 Å². The fourth-order valence-electron chi connectivity index (χ4n) is 5.34. The van der Waals surface area contributed by atoms with Gasteiger partial charge in [0.05, 0.1) is 11.9 Å². The van der Waals surface area contributed by atoms with Crippen molar-refractivity contribution >= 4 is 27.9 Å². The molecular formula is C25H28N6O2. The van der Waals surface area contributed by atoms with Gasteiger partial charge in [-0.15, -0.1) is 0 Å². The Morgan fingerprint density at radius 2 is 1.73 bits per heavy atom. The van der Waals surface area contributed by atoms with Gasteiger partial charge in [0.1, 0.15) is 11.3 Å². The monoisotopic (exact) mass is 444 g/mol. The Balaban J connectivity index is 1.35. The largest absolute Gasteiger partial charge is 0.430 e. The molecule has 170 valence electrons. The highest BCUT2D eigenvalue weighted by atomic mass is 16.3. The van der Waals surface area contributed by atoms with Gasteiger partial charge < -0.3 is 15.2 Å². The van der Waals surface area contributed by atoms with Crippen molar-refractivity contribution in [1.82, 2.24) is 19.5 Å². The van der Waals surface area contributed by atoms with Gasteiger partial charge in [0, 0.05) is 37.6 Å². The van der Waals surface area contributed by atoms with Crippen LogP contribution in [0.1, 0.15) is 35.5 Å². The van der Waals surface area contributed by atoms with Crippen molar-refractivity contribution in [2.75, 3.05) is 36.9 Å². The van der Waals surface area contributed by atoms with E-state index < -0.39 is 0 Å². The van der Waals surface area contributed by atoms with Crippen molar-refractivity contribution < 1.29 is 4.42 Å². The Hall–Kier alpha value is -3.39. The maximum absolute atomic E-state index is 13.1. The molecule has 0 bridgehead atoms. The van der Waals surface area contributed by atoms with Gasteiger partial charge in [-0.05, 0) is 55.9 Å². The predicted octanol–water partition coefficient (Wildman–Crippen LogP) is 2.76. The van der Waals surface area contributed by atoms with Crippen molar-refractivity contribution in [3.8, 4) is 0 Å². The van der Waals surface area contributed by atoms with Crippen LogP contribution in [0, 0.1) is 6.92 Å². The zero-order valence-corrected chi connectivity index (χ0v) is 18.9. The molecule has 6 rings (SSSR count). The average Bonchev–Trinajstić information content (AvgIpc) is 3.22. The Morgan fingerprint density at radius 1 is 1.00 bits per heavy atom. The first kappa shape index (κ1) is 20.2. The number of hydrogen-bond donors (Lipinski definition) is 1. The van der Waals surface area contributed by atoms with Gasteiger partial charge in [-0.3, -0.25) is 9.69 Å². The van der Waals surface area contributed by atoms with Gasteiger partial charge in [-0.1, -0.05) is 18.2 Å². The van der Waals surface area contributed by atoms with Crippen LogP contribution in [0.2, 0.25) is 0 Å². The van der Waals surface area contributed by atoms with E-state index >= 15 is 0 Å². The van der Waals surface area contributed by atoms with Gasteiger partial charge in [-0.25, -0.2) is 14.6 Å². The van der Waals surface area contributed by atoms with E-state index in [9.17, 15) is 4.79 Å². The first-order chi connectivity index (χ1) is 16.1. The van der Waals surface area contributed by atoms with E-state index in [-0.39, 0.29) is 11.1 Å². The smallest absolute Gasteiger partial charge is 0.315 e. The van der Waals surface area contributed by atoms with Gasteiger partial charge in [0.2, 0.25) is 11.3 Å². The van der Waals surface area contributed by atoms with E-state index in [1.807, 2.05) is 13.0 Å². The standard InChI is InChI=1S/C25H28N6O2/c1-16-18-9-5-6-10-19(18)21-22-23(33-24(21)27-16)25(32)31(26)20(28-22)15-29-11-13-30(14-12-29)17-7-3-2-4-8-17/h2-4,7-8H,5-6,9-15,26H2,1H3. The minimum atomic E-state index is -0.349. The van der Waals surface area contributed by atoms with Crippen molar-refractivity contribution in [2.24, 2.45) is 0 Å². The molecule has 8 heteroatoms. The molecule has 1 fully saturated rings. The summed E-state index contributed by atoms with van der Waals surface area (Å²) < 4.78 is 7.06. The lowest BCUT2D eigenvalue weighted by atomic mass is 9.89. The lowest BCUT2D eigenvalue weighted by Gasteiger charge is -2.36. The Morgan fingerprint density at radius 3 is 2.48 bits per heavy atom. The summed E-state index contributed by atoms with van der Waals surface area (Å²) in [6, 6.07) is 10.5. The number of piperazine rings is 1. The highest BCUT2D eigenvalue weighted by Crippen LogP contribution is 2.34. The van der Waals surface area contributed by atoms with E-state index in [2.05, 4.69) is 39.0 Å². The number of benzene rings is 1. The second-order valence-corrected chi connectivity index (χ2v) is 9.12. The number of aryl methyl sites for hydroxylation is 2. The Bertz CT molecular complexity index is 1400. The number of anilines is 1. The third-order valence-electron chi connectivity index (χ3n) is 7.13. The molecule has 1 aromatic carbocycles. The molecule has 0 radical (unpaired) electrons. The molecule has 2 aliphatic rings. The molecule has 1 aliphatic heterocycles. The molecule has 0 unspecified atom stereocenters. The van der Waals surface area contributed by atoms with E-state index in [0.717, 1.165) is 61.2 Å². The van der Waals surface area contributed by atoms with Crippen LogP contribution in [0.5, 0.6) is 0 Å². The molecule has 0 saturated carbocycles. The summed E-state index contributed by atoms with van der Waals surface area (Å²) in [6.45, 7) is 6.15. The maximum atomic E-state index is 13.1. The minimum absolute atomic E-state index is 0.205. The number of nitrogens with two attached hydrogens (primary N) is 1. The average molecular weight is 445 g/mol. The number of aromatic nitrogens is 3. The second kappa shape index (κ2) is 7.88. The minimum Gasteiger partial charge on any atom is -0.430 e. The maximum Gasteiger partial charge on any atom is 0.315 e. The molecule has 1 saturated heterocycles. The number of nitrogens with zero attached hydrogens (tertiary/aromatic N) is 5. The van der Waals surface area contributed by atoms with Crippen LogP contribution < -0.4 is 16.3 Å². The van der Waals surface area contributed by atoms with Crippen molar-refractivity contribution in [3.63, 3.8) is 0 Å². The summed E-state index contributed by atoms with van der Waals surface area (Å²) in [7, 11) is 0. The fourth-order valence-corrected chi connectivity index (χ4v) is 5.34. The molecule has 4 heterocycles. The molecule has 1 aliphatic carbocycles. The van der Waals surface area contributed by atoms with Crippen LogP contribution in [-0.4, -0.2) is 45.7 Å². The number of hydrogen-bond acceptors (Lipinski definition) is 7. The summed E-state index contributed by atoms with van der Waals surface area (Å²) in [6.07, 6.45) is 4.28. The zero-order chi connectivity index (χ0) is 22.5. The lowest BCUT2D eigenvalue weighted by Crippen LogP contribution is -2.47. The van der Waals surface area contributed by atoms with E-state index in [0.29, 0.717) is 23.6 Å². The molecular weight excluding hydrogens is 416 g/mol. The molecule has 0 amide bonds. The Labute approximate surface area is 191 Å². The highest BCUT2D eigenvalue weighted by Gasteiger charge is 2.25. The van der Waals surface area contributed by atoms with Gasteiger partial charge in [0.15, 0.2) is 0 Å². The summed E-state index contributed by atoms with van der Waals surface area (Å²) in [5, 5.41) is 0.901. The van der Waals surface area contributed by atoms with Crippen molar-refractivity contribution in [1.29, 1.82) is 0 Å². The van der Waals surface area contributed by atoms with E-state index in [1.54, 1.807) is 0 Å². The normalized spacial score (nSPS) is 17.1. The van der Waals surface area contributed by atoms with E-state index in [4.69, 9.17) is 15.2 Å². The predicted molar refractivity (Wildman–Crippen MR) is 129 cm³/mol. The summed E-state index contributed by atoms with van der Waals surface area (Å²) >= 11 is 0. The quantitative estimate of drug-likeness (QED) is 0.486. The number of furan rings is 1. The van der Waals surface area contributed by atoms with Crippen LogP contribution in [0.15, 0.2) is 39.5 Å². The SMILES string of the molecule is Cc1nc2oc3c(=O)n(N)c(CN4CCN(c5ccccc5)CC4)nc3c2c2c1CCCC2. The molecule has 4 aromatic rings. The van der Waals surface area contributed by atoms with E-state index in [1.165, 1.54) is 23.2 Å². The van der Waals surface area contributed by atoms with Gasteiger partial charge >= 0.3 is 5.56 Å². The summed E-state index contributed by atoms with van der Waals surface area (Å²) in [5.41, 5.74) is 5.72. The molecule has 33 heavy (non-hydrogen) atoms. The highest BCUT2D eigenvalue weighted by molar-refractivity contribution is 6.03. The molecule has 2 N–H and O–H groups in total. The topological polar surface area (TPSA) is 93.4 Å².